The predicted molar refractivity (Wildman–Crippen MR) is 92.8 cm³/mol. The number of hydrogen-bond acceptors (Lipinski definition) is 7. The number of ether oxygens (including phenoxy) is 1. The van der Waals surface area contributed by atoms with Crippen molar-refractivity contribution >= 4 is 42.1 Å². The number of amides is 2. The van der Waals surface area contributed by atoms with Gasteiger partial charge in [-0.1, -0.05) is 0 Å². The molecule has 1 heterocycles. The van der Waals surface area contributed by atoms with Crippen molar-refractivity contribution < 1.29 is 19.2 Å². The number of thioether (sulfide) groups is 1. The Morgan fingerprint density at radius 3 is 2.67 bits per heavy atom. The van der Waals surface area contributed by atoms with Crippen LogP contribution in [0.2, 0.25) is 0 Å². The van der Waals surface area contributed by atoms with E-state index >= 15 is 0 Å². The van der Waals surface area contributed by atoms with E-state index in [9.17, 15) is 19.7 Å². The highest BCUT2D eigenvalue weighted by Gasteiger charge is 2.35. The number of carbonyl (C=O) groups is 2. The molecule has 0 spiro atoms. The molecule has 24 heavy (non-hydrogen) atoms. The summed E-state index contributed by atoms with van der Waals surface area (Å²) in [6.45, 7) is 0.441. The van der Waals surface area contributed by atoms with Gasteiger partial charge in [0.2, 0.25) is 5.91 Å². The lowest BCUT2D eigenvalue weighted by molar-refractivity contribution is -0.384. The molecule has 1 aromatic carbocycles. The summed E-state index contributed by atoms with van der Waals surface area (Å²) in [5, 5.41) is 10.4. The molecule has 8 nitrogen and oxygen atoms in total. The van der Waals surface area contributed by atoms with E-state index in [1.807, 2.05) is 0 Å². The van der Waals surface area contributed by atoms with Gasteiger partial charge in [0, 0.05) is 23.9 Å². The van der Waals surface area contributed by atoms with E-state index in [0.29, 0.717) is 18.5 Å². The molecule has 1 aliphatic rings. The van der Waals surface area contributed by atoms with Gasteiger partial charge in [0.25, 0.3) is 5.69 Å². The Labute approximate surface area is 148 Å². The van der Waals surface area contributed by atoms with Crippen LogP contribution >= 0.6 is 24.4 Å². The number of nitrogens with two attached hydrogens (primary N) is 1. The third-order valence-electron chi connectivity index (χ3n) is 3.39. The van der Waals surface area contributed by atoms with E-state index in [4.69, 9.17) is 10.5 Å². The van der Waals surface area contributed by atoms with Crippen LogP contribution < -0.4 is 5.73 Å². The molecule has 2 atom stereocenters. The Bertz CT molecular complexity index is 625. The SMILES string of the molecule is NC(=O)CSC1CC(S)CN1C(=O)OCc1ccc([N+](=O)[O-])cc1. The fraction of sp³-hybridized carbons (Fsp3) is 0.429. The zero-order valence-electron chi connectivity index (χ0n) is 12.7. The molecule has 0 radical (unpaired) electrons. The zero-order valence-corrected chi connectivity index (χ0v) is 14.4. The Kier molecular flexibility index (Phi) is 6.32. The summed E-state index contributed by atoms with van der Waals surface area (Å²) in [4.78, 5) is 34.8. The van der Waals surface area contributed by atoms with E-state index in [-0.39, 0.29) is 28.7 Å². The minimum Gasteiger partial charge on any atom is -0.445 e. The molecule has 2 rings (SSSR count). The first-order chi connectivity index (χ1) is 11.4. The number of nitro benzene ring substituents is 1. The van der Waals surface area contributed by atoms with Gasteiger partial charge in [-0.2, -0.15) is 12.6 Å². The molecule has 1 fully saturated rings. The third kappa shape index (κ3) is 5.03. The van der Waals surface area contributed by atoms with Crippen molar-refractivity contribution in [3.05, 3.63) is 39.9 Å². The summed E-state index contributed by atoms with van der Waals surface area (Å²) < 4.78 is 5.25. The molecule has 130 valence electrons. The largest absolute Gasteiger partial charge is 0.445 e. The van der Waals surface area contributed by atoms with Crippen LogP contribution in [0.25, 0.3) is 0 Å². The van der Waals surface area contributed by atoms with Crippen molar-refractivity contribution in [1.82, 2.24) is 4.90 Å². The Morgan fingerprint density at radius 2 is 2.08 bits per heavy atom. The number of hydrogen-bond donors (Lipinski definition) is 2. The minimum atomic E-state index is -0.508. The summed E-state index contributed by atoms with van der Waals surface area (Å²) in [7, 11) is 0. The second kappa shape index (κ2) is 8.25. The van der Waals surface area contributed by atoms with Crippen molar-refractivity contribution in [1.29, 1.82) is 0 Å². The molecule has 10 heteroatoms. The van der Waals surface area contributed by atoms with Crippen molar-refractivity contribution in [2.75, 3.05) is 12.3 Å². The van der Waals surface area contributed by atoms with E-state index in [0.717, 1.165) is 0 Å². The first-order valence-corrected chi connectivity index (χ1v) is 8.68. The van der Waals surface area contributed by atoms with E-state index < -0.39 is 16.9 Å². The fourth-order valence-corrected chi connectivity index (χ4v) is 3.84. The fourth-order valence-electron chi connectivity index (χ4n) is 2.25. The first-order valence-electron chi connectivity index (χ1n) is 7.11. The molecule has 2 amide bonds. The van der Waals surface area contributed by atoms with Crippen LogP contribution in [-0.4, -0.2) is 44.7 Å². The van der Waals surface area contributed by atoms with Gasteiger partial charge in [0.1, 0.15) is 6.61 Å². The van der Waals surface area contributed by atoms with Gasteiger partial charge in [0.05, 0.1) is 16.1 Å². The maximum Gasteiger partial charge on any atom is 0.411 e. The van der Waals surface area contributed by atoms with Gasteiger partial charge >= 0.3 is 6.09 Å². The second-order valence-electron chi connectivity index (χ2n) is 5.25. The average Bonchev–Trinajstić information content (AvgIpc) is 2.92. The van der Waals surface area contributed by atoms with Gasteiger partial charge < -0.3 is 10.5 Å². The van der Waals surface area contributed by atoms with Crippen LogP contribution in [0.1, 0.15) is 12.0 Å². The number of nitro groups is 1. The van der Waals surface area contributed by atoms with Crippen LogP contribution in [0.3, 0.4) is 0 Å². The Morgan fingerprint density at radius 1 is 1.42 bits per heavy atom. The number of thiol groups is 1. The Hall–Kier alpha value is -1.94. The molecule has 1 saturated heterocycles. The second-order valence-corrected chi connectivity index (χ2v) is 7.15. The van der Waals surface area contributed by atoms with Crippen LogP contribution in [-0.2, 0) is 16.1 Å². The topological polar surface area (TPSA) is 116 Å². The summed E-state index contributed by atoms with van der Waals surface area (Å²) in [5.74, 6) is -0.320. The van der Waals surface area contributed by atoms with E-state index in [2.05, 4.69) is 12.6 Å². The lowest BCUT2D eigenvalue weighted by atomic mass is 10.2. The van der Waals surface area contributed by atoms with Crippen LogP contribution in [0, 0.1) is 10.1 Å². The summed E-state index contributed by atoms with van der Waals surface area (Å²) >= 11 is 5.66. The number of non-ortho nitro benzene ring substituents is 1. The molecule has 0 saturated carbocycles. The van der Waals surface area contributed by atoms with Gasteiger partial charge in [-0.3, -0.25) is 19.8 Å². The highest BCUT2D eigenvalue weighted by molar-refractivity contribution is 8.00. The molecule has 0 bridgehead atoms. The van der Waals surface area contributed by atoms with Gasteiger partial charge in [-0.05, 0) is 24.1 Å². The number of benzene rings is 1. The molecule has 2 unspecified atom stereocenters. The van der Waals surface area contributed by atoms with Crippen molar-refractivity contribution in [2.45, 2.75) is 23.7 Å². The van der Waals surface area contributed by atoms with Crippen molar-refractivity contribution in [2.24, 2.45) is 5.73 Å². The number of carbonyl (C=O) groups excluding carboxylic acids is 2. The van der Waals surface area contributed by atoms with Crippen LogP contribution in [0.15, 0.2) is 24.3 Å². The van der Waals surface area contributed by atoms with Crippen LogP contribution in [0.4, 0.5) is 10.5 Å². The molecular weight excluding hydrogens is 354 g/mol. The monoisotopic (exact) mass is 371 g/mol. The molecule has 1 aliphatic heterocycles. The third-order valence-corrected chi connectivity index (χ3v) is 5.05. The number of likely N-dealkylation sites (tertiary alicyclic amines) is 1. The summed E-state index contributed by atoms with van der Waals surface area (Å²) in [5.41, 5.74) is 5.76. The van der Waals surface area contributed by atoms with Gasteiger partial charge in [0.15, 0.2) is 0 Å². The zero-order chi connectivity index (χ0) is 17.7. The van der Waals surface area contributed by atoms with Gasteiger partial charge in [-0.15, -0.1) is 11.8 Å². The van der Waals surface area contributed by atoms with Crippen LogP contribution in [0.5, 0.6) is 0 Å². The smallest absolute Gasteiger partial charge is 0.411 e. The average molecular weight is 371 g/mol. The Balaban J connectivity index is 1.90. The lowest BCUT2D eigenvalue weighted by Crippen LogP contribution is -2.35. The predicted octanol–water partition coefficient (Wildman–Crippen LogP) is 1.78. The number of primary amides is 1. The number of nitrogens with zero attached hydrogens (tertiary/aromatic N) is 2. The molecular formula is C14H17N3O5S2. The summed E-state index contributed by atoms with van der Waals surface area (Å²) in [6, 6.07) is 5.79. The molecule has 1 aromatic rings. The highest BCUT2D eigenvalue weighted by atomic mass is 32.2. The maximum atomic E-state index is 12.2. The lowest BCUT2D eigenvalue weighted by Gasteiger charge is -2.23. The summed E-state index contributed by atoms with van der Waals surface area (Å²) in [6.07, 6.45) is 0.139. The molecule has 0 aliphatic carbocycles. The quantitative estimate of drug-likeness (QED) is 0.447. The highest BCUT2D eigenvalue weighted by Crippen LogP contribution is 2.30. The first kappa shape index (κ1) is 18.4. The minimum absolute atomic E-state index is 0.0117. The van der Waals surface area contributed by atoms with Crippen molar-refractivity contribution in [3.63, 3.8) is 0 Å². The van der Waals surface area contributed by atoms with Crippen molar-refractivity contribution in [3.8, 4) is 0 Å². The molecule has 2 N–H and O–H groups in total. The van der Waals surface area contributed by atoms with E-state index in [1.165, 1.54) is 40.9 Å². The van der Waals surface area contributed by atoms with E-state index in [1.54, 1.807) is 0 Å². The number of rotatable bonds is 6. The van der Waals surface area contributed by atoms with Gasteiger partial charge in [-0.25, -0.2) is 4.79 Å². The maximum absolute atomic E-state index is 12.2. The normalized spacial score (nSPS) is 20.0. The molecule has 0 aromatic heterocycles. The standard InChI is InChI=1S/C14H17N3O5S2/c15-12(18)8-24-13-5-11(23)6-16(13)14(19)22-7-9-1-3-10(4-2-9)17(20)21/h1-4,11,13,23H,5-8H2,(H2,15,18).